The number of hydrogen-bond acceptors (Lipinski definition) is 3. The molecule has 0 radical (unpaired) electrons. The Balaban J connectivity index is 2.29. The van der Waals surface area contributed by atoms with Crippen LogP contribution in [0, 0.1) is 5.82 Å². The monoisotopic (exact) mass is 223 g/mol. The lowest BCUT2D eigenvalue weighted by molar-refractivity contribution is -0.141. The van der Waals surface area contributed by atoms with Crippen LogP contribution in [0.1, 0.15) is 12.5 Å². The Morgan fingerprint density at radius 2 is 2.31 bits per heavy atom. The molecular formula is C12H14FNO2. The predicted molar refractivity (Wildman–Crippen MR) is 58.9 cm³/mol. The first-order valence-electron chi connectivity index (χ1n) is 5.26. The van der Waals surface area contributed by atoms with Crippen LogP contribution in [0.25, 0.3) is 0 Å². The molecule has 3 nitrogen and oxygen atoms in total. The van der Waals surface area contributed by atoms with Gasteiger partial charge in [0.1, 0.15) is 11.9 Å². The van der Waals surface area contributed by atoms with Gasteiger partial charge in [-0.1, -0.05) is 6.07 Å². The van der Waals surface area contributed by atoms with Crippen LogP contribution in [0.2, 0.25) is 0 Å². The van der Waals surface area contributed by atoms with Gasteiger partial charge < -0.3 is 9.64 Å². The van der Waals surface area contributed by atoms with Crippen LogP contribution in [-0.4, -0.2) is 25.7 Å². The van der Waals surface area contributed by atoms with Crippen molar-refractivity contribution in [2.24, 2.45) is 0 Å². The first kappa shape index (κ1) is 10.9. The highest BCUT2D eigenvalue weighted by Crippen LogP contribution is 2.30. The molecule has 1 unspecified atom stereocenters. The minimum absolute atomic E-state index is 0.275. The van der Waals surface area contributed by atoms with Gasteiger partial charge in [0.15, 0.2) is 0 Å². The van der Waals surface area contributed by atoms with Crippen LogP contribution in [0.3, 0.4) is 0 Å². The second-order valence-corrected chi connectivity index (χ2v) is 3.92. The van der Waals surface area contributed by atoms with Crippen molar-refractivity contribution in [2.75, 3.05) is 18.6 Å². The fourth-order valence-electron chi connectivity index (χ4n) is 2.08. The highest BCUT2D eigenvalue weighted by Gasteiger charge is 2.28. The fourth-order valence-corrected chi connectivity index (χ4v) is 2.08. The summed E-state index contributed by atoms with van der Waals surface area (Å²) in [5, 5.41) is 0. The van der Waals surface area contributed by atoms with E-state index in [1.165, 1.54) is 19.2 Å². The summed E-state index contributed by atoms with van der Waals surface area (Å²) in [5.74, 6) is -0.570. The largest absolute Gasteiger partial charge is 0.467 e. The molecule has 0 saturated heterocycles. The molecule has 0 amide bonds. The van der Waals surface area contributed by atoms with Crippen molar-refractivity contribution < 1.29 is 13.9 Å². The SMILES string of the molecule is COC(=O)C(C)N1CCc2ccc(F)cc21. The summed E-state index contributed by atoms with van der Waals surface area (Å²) in [6.45, 7) is 2.50. The van der Waals surface area contributed by atoms with E-state index < -0.39 is 0 Å². The van der Waals surface area contributed by atoms with Gasteiger partial charge in [-0.3, -0.25) is 0 Å². The lowest BCUT2D eigenvalue weighted by atomic mass is 10.1. The first-order valence-corrected chi connectivity index (χ1v) is 5.26. The Hall–Kier alpha value is -1.58. The maximum Gasteiger partial charge on any atom is 0.328 e. The van der Waals surface area contributed by atoms with E-state index in [0.29, 0.717) is 0 Å². The van der Waals surface area contributed by atoms with Crippen molar-refractivity contribution in [1.82, 2.24) is 0 Å². The van der Waals surface area contributed by atoms with E-state index in [1.54, 1.807) is 13.0 Å². The van der Waals surface area contributed by atoms with Gasteiger partial charge in [-0.15, -0.1) is 0 Å². The van der Waals surface area contributed by atoms with Gasteiger partial charge in [-0.25, -0.2) is 9.18 Å². The quantitative estimate of drug-likeness (QED) is 0.715. The fraction of sp³-hybridized carbons (Fsp3) is 0.417. The van der Waals surface area contributed by atoms with E-state index in [4.69, 9.17) is 4.74 Å². The number of fused-ring (bicyclic) bond motifs is 1. The van der Waals surface area contributed by atoms with E-state index in [0.717, 1.165) is 24.2 Å². The Bertz CT molecular complexity index is 419. The molecular weight excluding hydrogens is 209 g/mol. The van der Waals surface area contributed by atoms with Crippen LogP contribution < -0.4 is 4.90 Å². The third-order valence-electron chi connectivity index (χ3n) is 2.99. The maximum atomic E-state index is 13.1. The highest BCUT2D eigenvalue weighted by molar-refractivity contribution is 5.80. The number of hydrogen-bond donors (Lipinski definition) is 0. The van der Waals surface area contributed by atoms with Crippen LogP contribution in [0.15, 0.2) is 18.2 Å². The van der Waals surface area contributed by atoms with Crippen molar-refractivity contribution in [3.05, 3.63) is 29.6 Å². The molecule has 4 heteroatoms. The smallest absolute Gasteiger partial charge is 0.328 e. The average molecular weight is 223 g/mol. The number of esters is 1. The predicted octanol–water partition coefficient (Wildman–Crippen LogP) is 1.75. The van der Waals surface area contributed by atoms with E-state index in [1.807, 2.05) is 4.90 Å². The molecule has 0 aliphatic carbocycles. The number of anilines is 1. The molecule has 0 bridgehead atoms. The standard InChI is InChI=1S/C12H14FNO2/c1-8(12(15)16-2)14-6-5-9-3-4-10(13)7-11(9)14/h3-4,7-8H,5-6H2,1-2H3. The molecule has 16 heavy (non-hydrogen) atoms. The average Bonchev–Trinajstić information content (AvgIpc) is 2.69. The van der Waals surface area contributed by atoms with E-state index >= 15 is 0 Å². The molecule has 0 fully saturated rings. The van der Waals surface area contributed by atoms with Crippen molar-refractivity contribution in [3.63, 3.8) is 0 Å². The first-order chi connectivity index (χ1) is 7.63. The summed E-state index contributed by atoms with van der Waals surface area (Å²) in [4.78, 5) is 13.3. The lowest BCUT2D eigenvalue weighted by Gasteiger charge is -2.24. The van der Waals surface area contributed by atoms with Crippen molar-refractivity contribution >= 4 is 11.7 Å². The highest BCUT2D eigenvalue weighted by atomic mass is 19.1. The topological polar surface area (TPSA) is 29.5 Å². The Morgan fingerprint density at radius 1 is 1.56 bits per heavy atom. The normalized spacial score (nSPS) is 15.8. The summed E-state index contributed by atoms with van der Waals surface area (Å²) in [6, 6.07) is 4.33. The van der Waals surface area contributed by atoms with Gasteiger partial charge in [-0.05, 0) is 31.0 Å². The molecule has 86 valence electrons. The maximum absolute atomic E-state index is 13.1. The molecule has 1 aliphatic rings. The van der Waals surface area contributed by atoms with Crippen molar-refractivity contribution in [3.8, 4) is 0 Å². The summed E-state index contributed by atoms with van der Waals surface area (Å²) >= 11 is 0. The molecule has 1 aromatic carbocycles. The second kappa shape index (κ2) is 4.12. The summed E-state index contributed by atoms with van der Waals surface area (Å²) in [5.41, 5.74) is 1.88. The van der Waals surface area contributed by atoms with Crippen LogP contribution >= 0.6 is 0 Å². The Kier molecular flexibility index (Phi) is 2.81. The minimum atomic E-state index is -0.368. The number of methoxy groups -OCH3 is 1. The number of carbonyl (C=O) groups is 1. The molecule has 0 saturated carbocycles. The number of rotatable bonds is 2. The molecule has 2 rings (SSSR count). The van der Waals surface area contributed by atoms with Crippen molar-refractivity contribution in [1.29, 1.82) is 0 Å². The van der Waals surface area contributed by atoms with Crippen LogP contribution in [0.4, 0.5) is 10.1 Å². The van der Waals surface area contributed by atoms with Crippen LogP contribution in [0.5, 0.6) is 0 Å². The molecule has 1 aromatic rings. The third kappa shape index (κ3) is 1.75. The lowest BCUT2D eigenvalue weighted by Crippen LogP contribution is -2.38. The van der Waals surface area contributed by atoms with Gasteiger partial charge in [0.2, 0.25) is 0 Å². The zero-order chi connectivity index (χ0) is 11.7. The molecule has 1 aliphatic heterocycles. The Morgan fingerprint density at radius 3 is 3.00 bits per heavy atom. The zero-order valence-corrected chi connectivity index (χ0v) is 9.37. The third-order valence-corrected chi connectivity index (χ3v) is 2.99. The Labute approximate surface area is 93.8 Å². The molecule has 1 heterocycles. The number of ether oxygens (including phenoxy) is 1. The summed E-state index contributed by atoms with van der Waals surface area (Å²) in [7, 11) is 1.36. The van der Waals surface area contributed by atoms with E-state index in [9.17, 15) is 9.18 Å². The van der Waals surface area contributed by atoms with Crippen LogP contribution in [-0.2, 0) is 16.0 Å². The zero-order valence-electron chi connectivity index (χ0n) is 9.37. The number of halogens is 1. The van der Waals surface area contributed by atoms with Crippen molar-refractivity contribution in [2.45, 2.75) is 19.4 Å². The van der Waals surface area contributed by atoms with Gasteiger partial charge in [-0.2, -0.15) is 0 Å². The van der Waals surface area contributed by atoms with E-state index in [-0.39, 0.29) is 17.8 Å². The molecule has 0 spiro atoms. The van der Waals surface area contributed by atoms with Gasteiger partial charge in [0.25, 0.3) is 0 Å². The number of carbonyl (C=O) groups excluding carboxylic acids is 1. The summed E-state index contributed by atoms with van der Waals surface area (Å²) < 4.78 is 17.8. The van der Waals surface area contributed by atoms with Gasteiger partial charge in [0.05, 0.1) is 7.11 Å². The molecule has 0 N–H and O–H groups in total. The molecule has 1 atom stereocenters. The second-order valence-electron chi connectivity index (χ2n) is 3.92. The number of benzene rings is 1. The number of nitrogens with zero attached hydrogens (tertiary/aromatic N) is 1. The van der Waals surface area contributed by atoms with E-state index in [2.05, 4.69) is 0 Å². The van der Waals surface area contributed by atoms with Gasteiger partial charge in [0, 0.05) is 12.2 Å². The van der Waals surface area contributed by atoms with Gasteiger partial charge >= 0.3 is 5.97 Å². The molecule has 0 aromatic heterocycles. The summed E-state index contributed by atoms with van der Waals surface area (Å²) in [6.07, 6.45) is 0.844. The minimum Gasteiger partial charge on any atom is -0.467 e.